The number of rotatable bonds is 10. The van der Waals surface area contributed by atoms with Crippen LogP contribution in [0.25, 0.3) is 0 Å². The fraction of sp³-hybridized carbons (Fsp3) is 0.417. The lowest BCUT2D eigenvalue weighted by molar-refractivity contribution is -0.140. The molecule has 0 bridgehead atoms. The Morgan fingerprint density at radius 2 is 1.74 bits per heavy atom. The van der Waals surface area contributed by atoms with E-state index in [1.807, 2.05) is 19.9 Å². The van der Waals surface area contributed by atoms with Crippen LogP contribution in [-0.4, -0.2) is 50.5 Å². The van der Waals surface area contributed by atoms with E-state index in [-0.39, 0.29) is 12.5 Å². The monoisotopic (exact) mass is 527 g/mol. The van der Waals surface area contributed by atoms with Crippen molar-refractivity contribution in [3.8, 4) is 0 Å². The first kappa shape index (κ1) is 28.0. The first-order valence-electron chi connectivity index (χ1n) is 11.0. The van der Waals surface area contributed by atoms with Crippen molar-refractivity contribution >= 4 is 50.7 Å². The lowest BCUT2D eigenvalue weighted by Gasteiger charge is -2.33. The molecule has 10 heteroatoms. The van der Waals surface area contributed by atoms with E-state index in [2.05, 4.69) is 5.32 Å². The van der Waals surface area contributed by atoms with Crippen LogP contribution in [0.4, 0.5) is 5.69 Å². The lowest BCUT2D eigenvalue weighted by atomic mass is 10.1. The third-order valence-corrected chi connectivity index (χ3v) is 7.46. The van der Waals surface area contributed by atoms with Gasteiger partial charge in [-0.25, -0.2) is 8.42 Å². The summed E-state index contributed by atoms with van der Waals surface area (Å²) in [6, 6.07) is 9.47. The number of carbonyl (C=O) groups is 2. The van der Waals surface area contributed by atoms with Gasteiger partial charge < -0.3 is 10.2 Å². The van der Waals surface area contributed by atoms with Gasteiger partial charge in [0, 0.05) is 13.1 Å². The van der Waals surface area contributed by atoms with E-state index in [9.17, 15) is 18.0 Å². The fourth-order valence-corrected chi connectivity index (χ4v) is 4.87. The minimum atomic E-state index is -3.79. The summed E-state index contributed by atoms with van der Waals surface area (Å²) in [4.78, 5) is 27.8. The van der Waals surface area contributed by atoms with Gasteiger partial charge in [0.2, 0.25) is 21.8 Å². The minimum absolute atomic E-state index is 0.0652. The molecular weight excluding hydrogens is 497 g/mol. The Balaban J connectivity index is 2.50. The molecule has 34 heavy (non-hydrogen) atoms. The standard InChI is InChI=1S/C24H31Cl2N3O4S/c1-6-21(24(31)27-7-2)28(14-18-11-12-19(25)20(26)13-18)23(30)15-29(34(5,32)33)22-10-8-9-16(3)17(22)4/h8-13,21H,6-7,14-15H2,1-5H3,(H,27,31). The summed E-state index contributed by atoms with van der Waals surface area (Å²) in [5.74, 6) is -0.813. The molecule has 0 radical (unpaired) electrons. The number of hydrogen-bond donors (Lipinski definition) is 1. The van der Waals surface area contributed by atoms with Gasteiger partial charge in [0.05, 0.1) is 22.0 Å². The molecule has 0 saturated carbocycles. The van der Waals surface area contributed by atoms with E-state index in [1.165, 1.54) is 4.90 Å². The maximum atomic E-state index is 13.6. The van der Waals surface area contributed by atoms with Gasteiger partial charge in [-0.3, -0.25) is 13.9 Å². The number of halogens is 2. The topological polar surface area (TPSA) is 86.8 Å². The zero-order chi connectivity index (χ0) is 25.6. The van der Waals surface area contributed by atoms with Crippen molar-refractivity contribution in [1.29, 1.82) is 0 Å². The SMILES string of the molecule is CCNC(=O)C(CC)N(Cc1ccc(Cl)c(Cl)c1)C(=O)CN(c1cccc(C)c1C)S(C)(=O)=O. The summed E-state index contributed by atoms with van der Waals surface area (Å²) >= 11 is 12.2. The van der Waals surface area contributed by atoms with Gasteiger partial charge >= 0.3 is 0 Å². The largest absolute Gasteiger partial charge is 0.355 e. The van der Waals surface area contributed by atoms with Gasteiger partial charge in [-0.1, -0.05) is 48.3 Å². The van der Waals surface area contributed by atoms with E-state index in [0.29, 0.717) is 34.3 Å². The highest BCUT2D eigenvalue weighted by Crippen LogP contribution is 2.27. The summed E-state index contributed by atoms with van der Waals surface area (Å²) in [6.45, 7) is 7.30. The van der Waals surface area contributed by atoms with Gasteiger partial charge in [0.15, 0.2) is 0 Å². The molecule has 186 valence electrons. The average molecular weight is 529 g/mol. The zero-order valence-corrected chi connectivity index (χ0v) is 22.4. The Kier molecular flexibility index (Phi) is 9.79. The maximum absolute atomic E-state index is 13.6. The van der Waals surface area contributed by atoms with E-state index >= 15 is 0 Å². The van der Waals surface area contributed by atoms with Crippen LogP contribution in [0.5, 0.6) is 0 Å². The molecule has 1 unspecified atom stereocenters. The highest BCUT2D eigenvalue weighted by Gasteiger charge is 2.32. The molecule has 2 rings (SSSR count). The van der Waals surface area contributed by atoms with Crippen LogP contribution in [0.15, 0.2) is 36.4 Å². The van der Waals surface area contributed by atoms with Crippen LogP contribution < -0.4 is 9.62 Å². The Hall–Kier alpha value is -2.29. The first-order chi connectivity index (χ1) is 15.9. The van der Waals surface area contributed by atoms with Gasteiger partial charge in [-0.05, 0) is 62.1 Å². The first-order valence-corrected chi connectivity index (χ1v) is 13.6. The van der Waals surface area contributed by atoms with Gasteiger partial charge in [-0.15, -0.1) is 0 Å². The quantitative estimate of drug-likeness (QED) is 0.498. The number of benzene rings is 2. The summed E-state index contributed by atoms with van der Waals surface area (Å²) < 4.78 is 26.5. The van der Waals surface area contributed by atoms with Gasteiger partial charge in [0.25, 0.3) is 0 Å². The molecule has 0 aromatic heterocycles. The van der Waals surface area contributed by atoms with Crippen molar-refractivity contribution in [1.82, 2.24) is 10.2 Å². The molecular formula is C24H31Cl2N3O4S. The molecule has 0 aliphatic heterocycles. The number of nitrogens with one attached hydrogen (secondary N) is 1. The Morgan fingerprint density at radius 3 is 2.29 bits per heavy atom. The van der Waals surface area contributed by atoms with E-state index in [0.717, 1.165) is 21.7 Å². The highest BCUT2D eigenvalue weighted by molar-refractivity contribution is 7.92. The molecule has 1 atom stereocenters. The second-order valence-corrected chi connectivity index (χ2v) is 10.8. The van der Waals surface area contributed by atoms with E-state index in [4.69, 9.17) is 23.2 Å². The number of aryl methyl sites for hydroxylation is 1. The van der Waals surface area contributed by atoms with E-state index in [1.54, 1.807) is 44.2 Å². The predicted molar refractivity (Wildman–Crippen MR) is 138 cm³/mol. The number of likely N-dealkylation sites (N-methyl/N-ethyl adjacent to an activating group) is 1. The third kappa shape index (κ3) is 6.87. The smallest absolute Gasteiger partial charge is 0.244 e. The second-order valence-electron chi connectivity index (χ2n) is 8.08. The van der Waals surface area contributed by atoms with Crippen molar-refractivity contribution in [3.05, 3.63) is 63.1 Å². The average Bonchev–Trinajstić information content (AvgIpc) is 2.76. The van der Waals surface area contributed by atoms with Crippen LogP contribution in [0.2, 0.25) is 10.0 Å². The highest BCUT2D eigenvalue weighted by atomic mass is 35.5. The summed E-state index contributed by atoms with van der Waals surface area (Å²) in [7, 11) is -3.79. The number of carbonyl (C=O) groups excluding carboxylic acids is 2. The van der Waals surface area contributed by atoms with Crippen LogP contribution in [-0.2, 0) is 26.2 Å². The van der Waals surface area contributed by atoms with Crippen molar-refractivity contribution in [2.24, 2.45) is 0 Å². The molecule has 1 N–H and O–H groups in total. The lowest BCUT2D eigenvalue weighted by Crippen LogP contribution is -2.52. The molecule has 0 saturated heterocycles. The summed E-state index contributed by atoms with van der Waals surface area (Å²) in [5.41, 5.74) is 2.76. The molecule has 0 fully saturated rings. The molecule has 2 amide bonds. The van der Waals surface area contributed by atoms with Crippen LogP contribution >= 0.6 is 23.2 Å². The van der Waals surface area contributed by atoms with Gasteiger partial charge in [-0.2, -0.15) is 0 Å². The van der Waals surface area contributed by atoms with Crippen molar-refractivity contribution in [2.45, 2.75) is 46.7 Å². The Labute approximate surface area is 212 Å². The molecule has 2 aromatic carbocycles. The van der Waals surface area contributed by atoms with Crippen molar-refractivity contribution in [2.75, 3.05) is 23.7 Å². The van der Waals surface area contributed by atoms with Crippen molar-refractivity contribution in [3.63, 3.8) is 0 Å². The maximum Gasteiger partial charge on any atom is 0.244 e. The molecule has 7 nitrogen and oxygen atoms in total. The normalized spacial score (nSPS) is 12.2. The van der Waals surface area contributed by atoms with Crippen molar-refractivity contribution < 1.29 is 18.0 Å². The summed E-state index contributed by atoms with van der Waals surface area (Å²) in [6.07, 6.45) is 1.41. The molecule has 0 heterocycles. The third-order valence-electron chi connectivity index (χ3n) is 5.60. The Bertz CT molecular complexity index is 1150. The number of amides is 2. The second kappa shape index (κ2) is 11.9. The van der Waals surface area contributed by atoms with Crippen LogP contribution in [0.1, 0.15) is 37.0 Å². The molecule has 0 aliphatic rings. The number of anilines is 1. The summed E-state index contributed by atoms with van der Waals surface area (Å²) in [5, 5.41) is 3.46. The number of nitrogens with zero attached hydrogens (tertiary/aromatic N) is 2. The van der Waals surface area contributed by atoms with Gasteiger partial charge in [0.1, 0.15) is 12.6 Å². The number of hydrogen-bond acceptors (Lipinski definition) is 4. The van der Waals surface area contributed by atoms with Crippen LogP contribution in [0.3, 0.4) is 0 Å². The minimum Gasteiger partial charge on any atom is -0.355 e. The number of sulfonamides is 1. The Morgan fingerprint density at radius 1 is 1.06 bits per heavy atom. The zero-order valence-electron chi connectivity index (χ0n) is 20.1. The predicted octanol–water partition coefficient (Wildman–Crippen LogP) is 4.32. The van der Waals surface area contributed by atoms with Crippen LogP contribution in [0, 0.1) is 13.8 Å². The molecule has 0 aliphatic carbocycles. The molecule has 2 aromatic rings. The van der Waals surface area contributed by atoms with E-state index < -0.39 is 28.5 Å². The fourth-order valence-electron chi connectivity index (χ4n) is 3.65. The molecule has 0 spiro atoms.